The van der Waals surface area contributed by atoms with Crippen LogP contribution in [0.3, 0.4) is 0 Å². The molecule has 1 aliphatic rings. The Morgan fingerprint density at radius 1 is 1.07 bits per heavy atom. The molecule has 156 valence electrons. The average molecular weight is 405 g/mol. The normalized spacial score (nSPS) is 15.3. The number of ketones is 1. The second-order valence-electron chi connectivity index (χ2n) is 7.58. The van der Waals surface area contributed by atoms with E-state index in [9.17, 15) is 15.0 Å². The van der Waals surface area contributed by atoms with Gasteiger partial charge in [-0.25, -0.2) is 0 Å². The number of benzene rings is 2. The lowest BCUT2D eigenvalue weighted by molar-refractivity contribution is -0.111. The number of carbonyl (C=O) groups is 1. The van der Waals surface area contributed by atoms with Crippen molar-refractivity contribution in [3.63, 3.8) is 0 Å². The van der Waals surface area contributed by atoms with Gasteiger partial charge in [0.05, 0.1) is 13.7 Å². The van der Waals surface area contributed by atoms with Crippen molar-refractivity contribution in [2.45, 2.75) is 32.3 Å². The van der Waals surface area contributed by atoms with Crippen LogP contribution in [0.5, 0.6) is 5.75 Å². The molecule has 0 heterocycles. The number of carbonyl (C=O) groups excluding carboxylic acids is 1. The van der Waals surface area contributed by atoms with Gasteiger partial charge >= 0.3 is 0 Å². The SMILES string of the molecule is COc1cccc(/C=C/C(=O)C(CC2CCC2)=C(O)/C=C/c2cccc(CO)c2)c1. The zero-order chi connectivity index (χ0) is 21.3. The summed E-state index contributed by atoms with van der Waals surface area (Å²) < 4.78 is 5.22. The maximum Gasteiger partial charge on any atom is 0.185 e. The number of ether oxygens (including phenoxy) is 1. The molecule has 3 rings (SSSR count). The zero-order valence-electron chi connectivity index (χ0n) is 17.3. The first-order chi connectivity index (χ1) is 14.6. The molecular formula is C26H28O4. The van der Waals surface area contributed by atoms with Gasteiger partial charge in [-0.05, 0) is 59.4 Å². The third kappa shape index (κ3) is 5.94. The molecule has 0 saturated heterocycles. The summed E-state index contributed by atoms with van der Waals surface area (Å²) in [5, 5.41) is 20.0. The quantitative estimate of drug-likeness (QED) is 0.330. The first-order valence-corrected chi connectivity index (χ1v) is 10.3. The van der Waals surface area contributed by atoms with E-state index in [0.29, 0.717) is 17.9 Å². The lowest BCUT2D eigenvalue weighted by Crippen LogP contribution is -2.15. The van der Waals surface area contributed by atoms with Gasteiger partial charge in [0, 0.05) is 5.57 Å². The van der Waals surface area contributed by atoms with Gasteiger partial charge in [0.25, 0.3) is 0 Å². The standard InChI is InChI=1S/C26H28O4/c1-30-23-10-4-8-21(16-23)12-14-26(29)24(17-19-5-2-6-19)25(28)13-11-20-7-3-9-22(15-20)18-27/h3-4,7-16,19,27-28H,2,5-6,17-18H2,1H3/b13-11+,14-12+,25-24?. The van der Waals surface area contributed by atoms with E-state index in [1.807, 2.05) is 48.5 Å². The smallest absolute Gasteiger partial charge is 0.185 e. The fourth-order valence-electron chi connectivity index (χ4n) is 3.41. The van der Waals surface area contributed by atoms with Gasteiger partial charge in [-0.2, -0.15) is 0 Å². The molecule has 0 aliphatic heterocycles. The van der Waals surface area contributed by atoms with Crippen LogP contribution in [-0.4, -0.2) is 23.1 Å². The van der Waals surface area contributed by atoms with Gasteiger partial charge in [0.2, 0.25) is 0 Å². The minimum absolute atomic E-state index is 0.00315. The van der Waals surface area contributed by atoms with Crippen LogP contribution in [0.2, 0.25) is 0 Å². The van der Waals surface area contributed by atoms with Crippen LogP contribution >= 0.6 is 0 Å². The number of hydrogen-bond acceptors (Lipinski definition) is 4. The summed E-state index contributed by atoms with van der Waals surface area (Å²) in [5.74, 6) is 0.987. The molecule has 2 N–H and O–H groups in total. The molecule has 0 atom stereocenters. The zero-order valence-corrected chi connectivity index (χ0v) is 17.3. The Bertz CT molecular complexity index is 965. The molecule has 30 heavy (non-hydrogen) atoms. The maximum absolute atomic E-state index is 12.9. The number of hydrogen-bond donors (Lipinski definition) is 2. The minimum atomic E-state index is -0.184. The summed E-state index contributed by atoms with van der Waals surface area (Å²) in [6, 6.07) is 14.9. The molecule has 4 heteroatoms. The van der Waals surface area contributed by atoms with Crippen molar-refractivity contribution in [3.05, 3.63) is 88.7 Å². The van der Waals surface area contributed by atoms with Crippen molar-refractivity contribution >= 4 is 17.9 Å². The fraction of sp³-hybridized carbons (Fsp3) is 0.269. The van der Waals surface area contributed by atoms with Gasteiger partial charge < -0.3 is 14.9 Å². The summed E-state index contributed by atoms with van der Waals surface area (Å²) in [6.07, 6.45) is 10.5. The van der Waals surface area contributed by atoms with Crippen LogP contribution in [0.1, 0.15) is 42.4 Å². The molecule has 1 saturated carbocycles. The van der Waals surface area contributed by atoms with E-state index >= 15 is 0 Å². The highest BCUT2D eigenvalue weighted by Crippen LogP contribution is 2.33. The van der Waals surface area contributed by atoms with Gasteiger partial charge in [0.1, 0.15) is 11.5 Å². The summed E-state index contributed by atoms with van der Waals surface area (Å²) in [4.78, 5) is 12.9. The predicted octanol–water partition coefficient (Wildman–Crippen LogP) is 5.49. The monoisotopic (exact) mass is 404 g/mol. The van der Waals surface area contributed by atoms with Crippen LogP contribution in [0.4, 0.5) is 0 Å². The van der Waals surface area contributed by atoms with Gasteiger partial charge in [0.15, 0.2) is 5.78 Å². The molecule has 1 fully saturated rings. The number of aliphatic hydroxyl groups excluding tert-OH is 2. The highest BCUT2D eigenvalue weighted by atomic mass is 16.5. The summed E-state index contributed by atoms with van der Waals surface area (Å²) in [6.45, 7) is -0.0377. The summed E-state index contributed by atoms with van der Waals surface area (Å²) in [7, 11) is 1.61. The van der Waals surface area contributed by atoms with E-state index < -0.39 is 0 Å². The molecule has 0 bridgehead atoms. The van der Waals surface area contributed by atoms with Crippen molar-refractivity contribution < 1.29 is 19.7 Å². The maximum atomic E-state index is 12.9. The van der Waals surface area contributed by atoms with Crippen LogP contribution in [0, 0.1) is 5.92 Å². The molecule has 0 amide bonds. The molecule has 0 radical (unpaired) electrons. The molecular weight excluding hydrogens is 376 g/mol. The Labute approximate surface area is 177 Å². The molecule has 0 unspecified atom stereocenters. The van der Waals surface area contributed by atoms with Crippen LogP contribution in [-0.2, 0) is 11.4 Å². The van der Waals surface area contributed by atoms with Gasteiger partial charge in [-0.3, -0.25) is 4.79 Å². The second kappa shape index (κ2) is 10.6. The van der Waals surface area contributed by atoms with Crippen LogP contribution in [0.15, 0.2) is 72.0 Å². The second-order valence-corrected chi connectivity index (χ2v) is 7.58. The van der Waals surface area contributed by atoms with Crippen molar-refractivity contribution in [2.75, 3.05) is 7.11 Å². The summed E-state index contributed by atoms with van der Waals surface area (Å²) >= 11 is 0. The van der Waals surface area contributed by atoms with E-state index in [-0.39, 0.29) is 18.1 Å². The van der Waals surface area contributed by atoms with E-state index in [1.165, 1.54) is 12.5 Å². The highest BCUT2D eigenvalue weighted by Gasteiger charge is 2.23. The number of rotatable bonds is 9. The van der Waals surface area contributed by atoms with Crippen molar-refractivity contribution in [2.24, 2.45) is 5.92 Å². The van der Waals surface area contributed by atoms with Crippen molar-refractivity contribution in [1.29, 1.82) is 0 Å². The molecule has 0 spiro atoms. The molecule has 0 aromatic heterocycles. The first-order valence-electron chi connectivity index (χ1n) is 10.3. The average Bonchev–Trinajstić information content (AvgIpc) is 2.75. The Hall–Kier alpha value is -3.11. The van der Waals surface area contributed by atoms with Gasteiger partial charge in [-0.1, -0.05) is 61.7 Å². The highest BCUT2D eigenvalue weighted by molar-refractivity contribution is 6.07. The lowest BCUT2D eigenvalue weighted by atomic mass is 9.79. The molecule has 2 aromatic carbocycles. The topological polar surface area (TPSA) is 66.8 Å². The van der Waals surface area contributed by atoms with Crippen LogP contribution < -0.4 is 4.74 Å². The Kier molecular flexibility index (Phi) is 7.63. The van der Waals surface area contributed by atoms with Gasteiger partial charge in [-0.15, -0.1) is 0 Å². The summed E-state index contributed by atoms with van der Waals surface area (Å²) in [5.41, 5.74) is 2.96. The molecule has 1 aliphatic carbocycles. The van der Waals surface area contributed by atoms with E-state index in [4.69, 9.17) is 4.74 Å². The van der Waals surface area contributed by atoms with E-state index in [2.05, 4.69) is 0 Å². The first kappa shape index (κ1) is 21.6. The Morgan fingerprint density at radius 2 is 1.77 bits per heavy atom. The number of allylic oxidation sites excluding steroid dienone is 3. The lowest BCUT2D eigenvalue weighted by Gasteiger charge is -2.25. The number of methoxy groups -OCH3 is 1. The van der Waals surface area contributed by atoms with E-state index in [1.54, 1.807) is 25.3 Å². The fourth-order valence-corrected chi connectivity index (χ4v) is 3.41. The largest absolute Gasteiger partial charge is 0.508 e. The number of aliphatic hydroxyl groups is 2. The Balaban J connectivity index is 1.81. The van der Waals surface area contributed by atoms with Crippen LogP contribution in [0.25, 0.3) is 12.2 Å². The van der Waals surface area contributed by atoms with Crippen molar-refractivity contribution in [3.8, 4) is 5.75 Å². The molecule has 4 nitrogen and oxygen atoms in total. The third-order valence-electron chi connectivity index (χ3n) is 5.41. The Morgan fingerprint density at radius 3 is 2.43 bits per heavy atom. The minimum Gasteiger partial charge on any atom is -0.508 e. The van der Waals surface area contributed by atoms with Crippen molar-refractivity contribution in [1.82, 2.24) is 0 Å². The van der Waals surface area contributed by atoms with E-state index in [0.717, 1.165) is 35.3 Å². The molecule has 2 aromatic rings. The predicted molar refractivity (Wildman–Crippen MR) is 120 cm³/mol. The third-order valence-corrected chi connectivity index (χ3v) is 5.41.